The number of amides is 3. The topological polar surface area (TPSA) is 78.9 Å². The maximum Gasteiger partial charge on any atom is 0.325 e. The molecule has 1 fully saturated rings. The quantitative estimate of drug-likeness (QED) is 0.552. The number of aliphatic hydroxyl groups excluding tert-OH is 1. The molecule has 4 rings (SSSR count). The predicted octanol–water partition coefficient (Wildman–Crippen LogP) is 4.34. The fourth-order valence-corrected chi connectivity index (χ4v) is 4.22. The predicted molar refractivity (Wildman–Crippen MR) is 128 cm³/mol. The first-order chi connectivity index (χ1) is 15.6. The second-order valence-electron chi connectivity index (χ2n) is 9.74. The summed E-state index contributed by atoms with van der Waals surface area (Å²) in [6.07, 6.45) is -1.02. The molecule has 0 saturated carbocycles. The van der Waals surface area contributed by atoms with Crippen molar-refractivity contribution in [3.05, 3.63) is 77.9 Å². The molecule has 6 nitrogen and oxygen atoms in total. The molecule has 0 aliphatic carbocycles. The molecule has 6 heteroatoms. The molecular formula is C27H30N2O4. The average molecular weight is 447 g/mol. The van der Waals surface area contributed by atoms with E-state index in [4.69, 9.17) is 4.74 Å². The number of para-hydroxylation sites is 1. The minimum Gasteiger partial charge on any atom is -0.491 e. The lowest BCUT2D eigenvalue weighted by Gasteiger charge is -2.25. The van der Waals surface area contributed by atoms with Gasteiger partial charge >= 0.3 is 6.03 Å². The number of benzene rings is 3. The number of fused-ring (bicyclic) bond motifs is 1. The Bertz CT molecular complexity index is 1200. The third-order valence-corrected chi connectivity index (χ3v) is 6.12. The number of nitrogens with zero attached hydrogens (tertiary/aromatic N) is 1. The van der Waals surface area contributed by atoms with Crippen molar-refractivity contribution < 1.29 is 19.4 Å². The van der Waals surface area contributed by atoms with Gasteiger partial charge in [0, 0.05) is 0 Å². The number of nitrogens with one attached hydrogen (secondary N) is 1. The number of ether oxygens (including phenoxy) is 1. The highest BCUT2D eigenvalue weighted by molar-refractivity contribution is 6.07. The smallest absolute Gasteiger partial charge is 0.325 e. The Hall–Kier alpha value is -3.38. The first kappa shape index (κ1) is 22.8. The van der Waals surface area contributed by atoms with Crippen LogP contribution in [0, 0.1) is 0 Å². The number of imide groups is 1. The minimum absolute atomic E-state index is 0.0309. The molecule has 1 aliphatic heterocycles. The second kappa shape index (κ2) is 8.52. The molecule has 172 valence electrons. The molecule has 1 aliphatic rings. The fraction of sp³-hybridized carbons (Fsp3) is 0.333. The van der Waals surface area contributed by atoms with Crippen molar-refractivity contribution in [2.45, 2.75) is 44.8 Å². The lowest BCUT2D eigenvalue weighted by Crippen LogP contribution is -2.42. The van der Waals surface area contributed by atoms with Crippen LogP contribution >= 0.6 is 0 Å². The largest absolute Gasteiger partial charge is 0.491 e. The van der Waals surface area contributed by atoms with E-state index in [0.717, 1.165) is 21.2 Å². The van der Waals surface area contributed by atoms with Gasteiger partial charge in [0.15, 0.2) is 0 Å². The Morgan fingerprint density at radius 2 is 1.67 bits per heavy atom. The highest BCUT2D eigenvalue weighted by atomic mass is 16.5. The highest BCUT2D eigenvalue weighted by Crippen LogP contribution is 2.32. The van der Waals surface area contributed by atoms with E-state index in [-0.39, 0.29) is 18.6 Å². The van der Waals surface area contributed by atoms with Crippen LogP contribution in [0.3, 0.4) is 0 Å². The van der Waals surface area contributed by atoms with Crippen LogP contribution in [0.1, 0.15) is 38.8 Å². The van der Waals surface area contributed by atoms with Gasteiger partial charge in [0.25, 0.3) is 5.91 Å². The van der Waals surface area contributed by atoms with Crippen molar-refractivity contribution in [3.63, 3.8) is 0 Å². The molecule has 33 heavy (non-hydrogen) atoms. The van der Waals surface area contributed by atoms with E-state index in [1.54, 1.807) is 6.92 Å². The molecule has 1 heterocycles. The van der Waals surface area contributed by atoms with E-state index in [0.29, 0.717) is 11.3 Å². The van der Waals surface area contributed by atoms with Gasteiger partial charge in [-0.3, -0.25) is 9.69 Å². The maximum absolute atomic E-state index is 13.3. The number of hydrogen-bond acceptors (Lipinski definition) is 4. The van der Waals surface area contributed by atoms with Crippen LogP contribution in [0.15, 0.2) is 66.7 Å². The summed E-state index contributed by atoms with van der Waals surface area (Å²) in [5, 5.41) is 15.4. The number of β-amino-alcohol motifs (C(OH)–C–C–N with tert-alkyl or cyclic N) is 1. The van der Waals surface area contributed by atoms with Crippen LogP contribution in [0.4, 0.5) is 4.79 Å². The Labute approximate surface area is 194 Å². The molecule has 0 aromatic heterocycles. The Balaban J connectivity index is 1.47. The Morgan fingerprint density at radius 3 is 2.39 bits per heavy atom. The van der Waals surface area contributed by atoms with Crippen LogP contribution in [0.5, 0.6) is 5.75 Å². The number of carbonyl (C=O) groups is 2. The van der Waals surface area contributed by atoms with Crippen molar-refractivity contribution in [1.82, 2.24) is 10.2 Å². The normalized spacial score (nSPS) is 19.6. The summed E-state index contributed by atoms with van der Waals surface area (Å²) in [6, 6.07) is 20.7. The number of rotatable bonds is 6. The SMILES string of the molecule is CC(C)(C)c1ccccc1OCC(O)CN1C(=O)NC(C)(c2ccc3ccccc3c2)C1=O. The van der Waals surface area contributed by atoms with Gasteiger partial charge < -0.3 is 15.2 Å². The lowest BCUT2D eigenvalue weighted by atomic mass is 9.86. The van der Waals surface area contributed by atoms with Crippen LogP contribution in [-0.2, 0) is 15.7 Å². The van der Waals surface area contributed by atoms with Gasteiger partial charge in [0.05, 0.1) is 6.54 Å². The summed E-state index contributed by atoms with van der Waals surface area (Å²) in [4.78, 5) is 27.0. The van der Waals surface area contributed by atoms with E-state index in [1.807, 2.05) is 66.7 Å². The molecule has 3 aromatic carbocycles. The van der Waals surface area contributed by atoms with Gasteiger partial charge in [-0.25, -0.2) is 4.79 Å². The monoisotopic (exact) mass is 446 g/mol. The van der Waals surface area contributed by atoms with Crippen LogP contribution in [0.2, 0.25) is 0 Å². The molecule has 2 N–H and O–H groups in total. The number of urea groups is 1. The molecule has 3 aromatic rings. The zero-order valence-corrected chi connectivity index (χ0v) is 19.5. The summed E-state index contributed by atoms with van der Waals surface area (Å²) in [5.41, 5.74) is 0.414. The summed E-state index contributed by atoms with van der Waals surface area (Å²) < 4.78 is 5.87. The summed E-state index contributed by atoms with van der Waals surface area (Å²) in [7, 11) is 0. The Kier molecular flexibility index (Phi) is 5.89. The molecular weight excluding hydrogens is 416 g/mol. The zero-order valence-electron chi connectivity index (χ0n) is 19.5. The molecule has 2 atom stereocenters. The first-order valence-electron chi connectivity index (χ1n) is 11.1. The first-order valence-corrected chi connectivity index (χ1v) is 11.1. The van der Waals surface area contributed by atoms with Gasteiger partial charge in [-0.15, -0.1) is 0 Å². The zero-order chi connectivity index (χ0) is 23.8. The molecule has 0 bridgehead atoms. The molecule has 2 unspecified atom stereocenters. The maximum atomic E-state index is 13.3. The average Bonchev–Trinajstić information content (AvgIpc) is 3.00. The van der Waals surface area contributed by atoms with Gasteiger partial charge in [-0.2, -0.15) is 0 Å². The standard InChI is InChI=1S/C27H30N2O4/c1-26(2,3)22-11-7-8-12-23(22)33-17-21(30)16-29-24(31)27(4,28-25(29)32)20-14-13-18-9-5-6-10-19(18)15-20/h5-15,21,30H,16-17H2,1-4H3,(H,28,32). The third-order valence-electron chi connectivity index (χ3n) is 6.12. The van der Waals surface area contributed by atoms with Crippen molar-refractivity contribution in [3.8, 4) is 5.75 Å². The van der Waals surface area contributed by atoms with Crippen LogP contribution in [0.25, 0.3) is 10.8 Å². The van der Waals surface area contributed by atoms with Gasteiger partial charge in [-0.05, 0) is 46.4 Å². The number of aliphatic hydroxyl groups is 1. The molecule has 0 radical (unpaired) electrons. The van der Waals surface area contributed by atoms with Crippen molar-refractivity contribution in [1.29, 1.82) is 0 Å². The summed E-state index contributed by atoms with van der Waals surface area (Å²) in [5.74, 6) is 0.291. The minimum atomic E-state index is -1.19. The van der Waals surface area contributed by atoms with E-state index >= 15 is 0 Å². The van der Waals surface area contributed by atoms with E-state index in [2.05, 4.69) is 26.1 Å². The van der Waals surface area contributed by atoms with Gasteiger partial charge in [0.1, 0.15) is 24.0 Å². The van der Waals surface area contributed by atoms with Gasteiger partial charge in [-0.1, -0.05) is 75.4 Å². The van der Waals surface area contributed by atoms with Crippen LogP contribution in [-0.4, -0.2) is 41.2 Å². The second-order valence-corrected chi connectivity index (χ2v) is 9.74. The van der Waals surface area contributed by atoms with Crippen molar-refractivity contribution in [2.24, 2.45) is 0 Å². The number of hydrogen-bond donors (Lipinski definition) is 2. The van der Waals surface area contributed by atoms with Crippen molar-refractivity contribution in [2.75, 3.05) is 13.2 Å². The van der Waals surface area contributed by atoms with Gasteiger partial charge in [0.2, 0.25) is 0 Å². The Morgan fingerprint density at radius 1 is 1.00 bits per heavy atom. The molecule has 0 spiro atoms. The third kappa shape index (κ3) is 4.44. The summed E-state index contributed by atoms with van der Waals surface area (Å²) in [6.45, 7) is 7.79. The molecule has 1 saturated heterocycles. The summed E-state index contributed by atoms with van der Waals surface area (Å²) >= 11 is 0. The van der Waals surface area contributed by atoms with E-state index < -0.39 is 23.6 Å². The fourth-order valence-electron chi connectivity index (χ4n) is 4.22. The van der Waals surface area contributed by atoms with E-state index in [1.165, 1.54) is 0 Å². The number of carbonyl (C=O) groups excluding carboxylic acids is 2. The van der Waals surface area contributed by atoms with Crippen molar-refractivity contribution >= 4 is 22.7 Å². The highest BCUT2D eigenvalue weighted by Gasteiger charge is 2.49. The lowest BCUT2D eigenvalue weighted by molar-refractivity contribution is -0.132. The van der Waals surface area contributed by atoms with Crippen LogP contribution < -0.4 is 10.1 Å². The molecule has 3 amide bonds. The van der Waals surface area contributed by atoms with E-state index in [9.17, 15) is 14.7 Å².